The number of aromatic nitrogens is 2. The molecule has 0 spiro atoms. The number of benzene rings is 1. The molecule has 2 saturated heterocycles. The van der Waals surface area contributed by atoms with Gasteiger partial charge in [0.1, 0.15) is 0 Å². The lowest BCUT2D eigenvalue weighted by Crippen LogP contribution is -2.46. The van der Waals surface area contributed by atoms with Crippen molar-refractivity contribution in [2.24, 2.45) is 0 Å². The van der Waals surface area contributed by atoms with Gasteiger partial charge in [-0.2, -0.15) is 13.2 Å². The number of nitrogens with zero attached hydrogens (tertiary/aromatic N) is 4. The molecule has 2 aliphatic heterocycles. The van der Waals surface area contributed by atoms with Crippen LogP contribution >= 0.6 is 0 Å². The molecule has 2 amide bonds. The first-order valence-electron chi connectivity index (χ1n) is 10.9. The Morgan fingerprint density at radius 2 is 1.71 bits per heavy atom. The van der Waals surface area contributed by atoms with Crippen LogP contribution in [-0.4, -0.2) is 65.0 Å². The van der Waals surface area contributed by atoms with E-state index < -0.39 is 21.8 Å². The van der Waals surface area contributed by atoms with E-state index in [0.717, 1.165) is 17.0 Å². The highest BCUT2D eigenvalue weighted by Gasteiger charge is 2.34. The molecule has 1 unspecified atom stereocenters. The van der Waals surface area contributed by atoms with Gasteiger partial charge in [-0.15, -0.1) is 10.2 Å². The van der Waals surface area contributed by atoms with Gasteiger partial charge in [0.2, 0.25) is 33.6 Å². The van der Waals surface area contributed by atoms with Gasteiger partial charge in [0, 0.05) is 38.0 Å². The zero-order valence-corrected chi connectivity index (χ0v) is 18.9. The monoisotopic (exact) mass is 500 g/mol. The summed E-state index contributed by atoms with van der Waals surface area (Å²) in [5, 5.41) is 7.89. The molecular formula is C21H23F3N4O5S. The van der Waals surface area contributed by atoms with E-state index in [1.54, 1.807) is 0 Å². The fourth-order valence-electron chi connectivity index (χ4n) is 4.10. The average Bonchev–Trinajstić information content (AvgIpc) is 3.29. The number of imide groups is 1. The lowest BCUT2D eigenvalue weighted by molar-refractivity contribution is -0.147. The molecule has 13 heteroatoms. The molecule has 2 aliphatic rings. The predicted molar refractivity (Wildman–Crippen MR) is 113 cm³/mol. The summed E-state index contributed by atoms with van der Waals surface area (Å²) in [6.07, 6.45) is -2.36. The summed E-state index contributed by atoms with van der Waals surface area (Å²) in [6.45, 7) is 0.208. The van der Waals surface area contributed by atoms with Crippen molar-refractivity contribution in [2.45, 2.75) is 44.2 Å². The molecule has 1 aromatic heterocycles. The molecule has 34 heavy (non-hydrogen) atoms. The predicted octanol–water partition coefficient (Wildman–Crippen LogP) is 2.80. The number of likely N-dealkylation sites (tertiary alicyclic amines) is 1. The van der Waals surface area contributed by atoms with Gasteiger partial charge >= 0.3 is 6.18 Å². The van der Waals surface area contributed by atoms with Crippen LogP contribution in [0.3, 0.4) is 0 Å². The van der Waals surface area contributed by atoms with Crippen LogP contribution < -0.4 is 0 Å². The Labute approximate surface area is 194 Å². The third-order valence-electron chi connectivity index (χ3n) is 5.98. The van der Waals surface area contributed by atoms with E-state index in [-0.39, 0.29) is 61.2 Å². The highest BCUT2D eigenvalue weighted by atomic mass is 32.2. The molecular weight excluding hydrogens is 477 g/mol. The maximum atomic E-state index is 12.9. The van der Waals surface area contributed by atoms with Crippen LogP contribution in [0.4, 0.5) is 13.2 Å². The topological polar surface area (TPSA) is 114 Å². The van der Waals surface area contributed by atoms with Crippen LogP contribution in [0.15, 0.2) is 28.7 Å². The molecule has 3 heterocycles. The summed E-state index contributed by atoms with van der Waals surface area (Å²) in [5.41, 5.74) is -0.472. The number of carbonyl (C=O) groups excluding carboxylic acids is 2. The minimum atomic E-state index is -4.45. The summed E-state index contributed by atoms with van der Waals surface area (Å²) in [5.74, 6) is -1.20. The van der Waals surface area contributed by atoms with Gasteiger partial charge in [0.25, 0.3) is 0 Å². The highest BCUT2D eigenvalue weighted by molar-refractivity contribution is 7.89. The lowest BCUT2D eigenvalue weighted by atomic mass is 10.00. The van der Waals surface area contributed by atoms with Crippen LogP contribution in [0.25, 0.3) is 11.5 Å². The Bertz CT molecular complexity index is 1150. The van der Waals surface area contributed by atoms with Crippen molar-refractivity contribution < 1.29 is 35.6 Å². The first-order chi connectivity index (χ1) is 16.0. The number of sulfonamides is 1. The number of halogens is 3. The second-order valence-corrected chi connectivity index (χ2v) is 10.4. The van der Waals surface area contributed by atoms with Gasteiger partial charge in [-0.3, -0.25) is 14.5 Å². The van der Waals surface area contributed by atoms with E-state index in [1.807, 2.05) is 0 Å². The largest absolute Gasteiger partial charge is 0.420 e. The first kappa shape index (κ1) is 24.3. The van der Waals surface area contributed by atoms with Gasteiger partial charge in [-0.25, -0.2) is 12.7 Å². The summed E-state index contributed by atoms with van der Waals surface area (Å²) in [7, 11) is -3.74. The Morgan fingerprint density at radius 3 is 2.35 bits per heavy atom. The number of hydrogen-bond donors (Lipinski definition) is 0. The SMILES string of the molecule is O=C1CCCC(=O)N1CCS(=O)(=O)N1CCCC(c2nnc(-c3ccc(C(F)(F)F)cc3)o2)C1. The van der Waals surface area contributed by atoms with Gasteiger partial charge in [0.15, 0.2) is 0 Å². The van der Waals surface area contributed by atoms with Crippen LogP contribution in [0.1, 0.15) is 49.5 Å². The van der Waals surface area contributed by atoms with Crippen LogP contribution in [0, 0.1) is 0 Å². The summed E-state index contributed by atoms with van der Waals surface area (Å²) in [6, 6.07) is 4.32. The van der Waals surface area contributed by atoms with E-state index in [0.29, 0.717) is 31.4 Å². The van der Waals surface area contributed by atoms with Crippen molar-refractivity contribution in [1.82, 2.24) is 19.4 Å². The fraction of sp³-hybridized carbons (Fsp3) is 0.524. The smallest absolute Gasteiger partial charge is 0.416 e. The molecule has 2 fully saturated rings. The number of carbonyl (C=O) groups is 2. The molecule has 1 aromatic carbocycles. The Balaban J connectivity index is 1.41. The van der Waals surface area contributed by atoms with Gasteiger partial charge in [0.05, 0.1) is 17.2 Å². The fourth-order valence-corrected chi connectivity index (χ4v) is 5.59. The summed E-state index contributed by atoms with van der Waals surface area (Å²) >= 11 is 0. The third kappa shape index (κ3) is 5.30. The molecule has 4 rings (SSSR count). The van der Waals surface area contributed by atoms with Crippen molar-refractivity contribution in [3.63, 3.8) is 0 Å². The van der Waals surface area contributed by atoms with Crippen molar-refractivity contribution in [1.29, 1.82) is 0 Å². The summed E-state index contributed by atoms with van der Waals surface area (Å²) < 4.78 is 71.0. The first-order valence-corrected chi connectivity index (χ1v) is 12.5. The minimum absolute atomic E-state index is 0.0471. The molecule has 0 saturated carbocycles. The second kappa shape index (κ2) is 9.45. The van der Waals surface area contributed by atoms with Crippen LogP contribution in [0.2, 0.25) is 0 Å². The normalized spacial score (nSPS) is 20.7. The maximum absolute atomic E-state index is 12.9. The highest BCUT2D eigenvalue weighted by Crippen LogP contribution is 2.32. The molecule has 1 atom stereocenters. The maximum Gasteiger partial charge on any atom is 0.416 e. The number of alkyl halides is 3. The molecule has 0 aliphatic carbocycles. The van der Waals surface area contributed by atoms with Crippen molar-refractivity contribution >= 4 is 21.8 Å². The standard InChI is InChI=1S/C21H23F3N4O5S/c22-21(23,24)16-8-6-14(7-9-16)19-25-26-20(33-19)15-3-2-10-27(13-15)34(31,32)12-11-28-17(29)4-1-5-18(28)30/h6-9,15H,1-5,10-13H2. The van der Waals surface area contributed by atoms with E-state index in [2.05, 4.69) is 10.2 Å². The summed E-state index contributed by atoms with van der Waals surface area (Å²) in [4.78, 5) is 24.9. The number of piperidine rings is 2. The average molecular weight is 500 g/mol. The second-order valence-electron chi connectivity index (χ2n) is 8.33. The number of amides is 2. The van der Waals surface area contributed by atoms with Crippen LogP contribution in [0.5, 0.6) is 0 Å². The molecule has 2 aromatic rings. The zero-order valence-electron chi connectivity index (χ0n) is 18.1. The molecule has 184 valence electrons. The van der Waals surface area contributed by atoms with Crippen LogP contribution in [-0.2, 0) is 25.8 Å². The zero-order chi connectivity index (χ0) is 24.5. The van der Waals surface area contributed by atoms with E-state index in [9.17, 15) is 31.2 Å². The molecule has 9 nitrogen and oxygen atoms in total. The Morgan fingerprint density at radius 1 is 1.03 bits per heavy atom. The van der Waals surface area contributed by atoms with Crippen molar-refractivity contribution in [3.05, 3.63) is 35.7 Å². The Hall–Kier alpha value is -2.80. The van der Waals surface area contributed by atoms with E-state index in [4.69, 9.17) is 4.42 Å². The van der Waals surface area contributed by atoms with Gasteiger partial charge in [-0.05, 0) is 43.5 Å². The van der Waals surface area contributed by atoms with Crippen molar-refractivity contribution in [2.75, 3.05) is 25.4 Å². The Kier molecular flexibility index (Phi) is 6.76. The molecule has 0 bridgehead atoms. The van der Waals surface area contributed by atoms with E-state index >= 15 is 0 Å². The molecule has 0 radical (unpaired) electrons. The van der Waals surface area contributed by atoms with Gasteiger partial charge < -0.3 is 4.42 Å². The number of hydrogen-bond acceptors (Lipinski definition) is 7. The lowest BCUT2D eigenvalue weighted by Gasteiger charge is -2.31. The molecule has 0 N–H and O–H groups in total. The van der Waals surface area contributed by atoms with Crippen molar-refractivity contribution in [3.8, 4) is 11.5 Å². The number of rotatable bonds is 6. The minimum Gasteiger partial charge on any atom is -0.420 e. The third-order valence-corrected chi connectivity index (χ3v) is 7.80. The van der Waals surface area contributed by atoms with Gasteiger partial charge in [-0.1, -0.05) is 0 Å². The van der Waals surface area contributed by atoms with E-state index in [1.165, 1.54) is 16.4 Å². The quantitative estimate of drug-likeness (QED) is 0.561.